The van der Waals surface area contributed by atoms with Crippen LogP contribution in [0.1, 0.15) is 86.5 Å². The molecule has 9 N–H and O–H groups in total. The summed E-state index contributed by atoms with van der Waals surface area (Å²) in [7, 11) is 3.19. The number of benzene rings is 3. The van der Waals surface area contributed by atoms with Crippen molar-refractivity contribution in [3.63, 3.8) is 0 Å². The van der Waals surface area contributed by atoms with Gasteiger partial charge in [-0.05, 0) is 136 Å². The van der Waals surface area contributed by atoms with Gasteiger partial charge in [0, 0.05) is 219 Å². The van der Waals surface area contributed by atoms with Gasteiger partial charge in [-0.25, -0.2) is 44.3 Å². The van der Waals surface area contributed by atoms with E-state index in [4.69, 9.17) is 9.47 Å². The smallest absolute Gasteiger partial charge is 0.274 e. The van der Waals surface area contributed by atoms with E-state index in [-0.39, 0.29) is 46.6 Å². The van der Waals surface area contributed by atoms with Crippen LogP contribution in [0.3, 0.4) is 0 Å². The molecule has 0 bridgehead atoms. The normalized spacial score (nSPS) is 15.5. The van der Waals surface area contributed by atoms with E-state index in [1.54, 1.807) is 124 Å². The van der Waals surface area contributed by atoms with Crippen LogP contribution in [0.2, 0.25) is 0 Å². The molecule has 20 rings (SSSR count). The summed E-state index contributed by atoms with van der Waals surface area (Å²) in [5.74, 6) is 1.86. The maximum Gasteiger partial charge on any atom is 0.274 e. The van der Waals surface area contributed by atoms with Crippen molar-refractivity contribution in [2.45, 2.75) is 52.4 Å². The van der Waals surface area contributed by atoms with Crippen LogP contribution < -0.4 is 91.2 Å². The van der Waals surface area contributed by atoms with Crippen molar-refractivity contribution < 1.29 is 38.1 Å². The topological polar surface area (TPSA) is 397 Å². The zero-order chi connectivity index (χ0) is 86.2. The lowest BCUT2D eigenvalue weighted by Gasteiger charge is -2.30. The third kappa shape index (κ3) is 19.8. The number of phenolic OH excluding ortho intramolecular Hbond substituents is 1. The van der Waals surface area contributed by atoms with Gasteiger partial charge in [-0.3, -0.25) is 44.1 Å². The maximum atomic E-state index is 13.5. The number of ether oxygens (including phenoxy) is 2. The van der Waals surface area contributed by atoms with E-state index in [0.717, 1.165) is 161 Å². The van der Waals surface area contributed by atoms with E-state index in [1.165, 1.54) is 35.9 Å². The van der Waals surface area contributed by atoms with E-state index in [0.29, 0.717) is 116 Å². The Bertz CT molecular complexity index is 5890. The molecule has 0 saturated carbocycles. The molecule has 0 unspecified atom stereocenters. The Morgan fingerprint density at radius 1 is 0.325 bits per heavy atom. The highest BCUT2D eigenvalue weighted by Gasteiger charge is 2.31. The van der Waals surface area contributed by atoms with Crippen LogP contribution in [0.5, 0.6) is 17.2 Å². The number of hydrogen-bond donors (Lipinski definition) is 9. The monoisotopic (exact) mass is 1700 g/mol. The van der Waals surface area contributed by atoms with E-state index in [2.05, 4.69) is 138 Å². The lowest BCUT2D eigenvalue weighted by atomic mass is 10.1. The van der Waals surface area contributed by atoms with Crippen LogP contribution in [0.25, 0.3) is 0 Å². The first-order valence-electron chi connectivity index (χ1n) is 41.7. The zero-order valence-electron chi connectivity index (χ0n) is 69.5. The van der Waals surface area contributed by atoms with Gasteiger partial charge in [0.1, 0.15) is 34.3 Å². The number of hydrogen-bond acceptors (Lipinski definition) is 32. The number of nitrogens with zero attached hydrogens (tertiary/aromatic N) is 21. The molecule has 36 nitrogen and oxygen atoms in total. The van der Waals surface area contributed by atoms with Crippen molar-refractivity contribution in [2.75, 3.05) is 179 Å². The predicted octanol–water partition coefficient (Wildman–Crippen LogP) is 7.47. The van der Waals surface area contributed by atoms with Crippen LogP contribution in [-0.2, 0) is 52.4 Å². The summed E-state index contributed by atoms with van der Waals surface area (Å²) in [5.41, 5.74) is 16.4. The molecule has 12 aromatic rings. The number of phenols is 1. The molecule has 0 aliphatic carbocycles. The zero-order valence-corrected chi connectivity index (χ0v) is 69.5. The third-order valence-electron chi connectivity index (χ3n) is 22.6. The van der Waals surface area contributed by atoms with Crippen molar-refractivity contribution in [1.29, 1.82) is 0 Å². The number of methoxy groups -OCH3 is 2. The van der Waals surface area contributed by atoms with Gasteiger partial charge < -0.3 is 96.3 Å². The number of halogens is 1. The van der Waals surface area contributed by atoms with Crippen LogP contribution in [0, 0.1) is 5.82 Å². The van der Waals surface area contributed by atoms with E-state index in [9.17, 15) is 28.7 Å². The van der Waals surface area contributed by atoms with Gasteiger partial charge in [0.15, 0.2) is 11.5 Å². The van der Waals surface area contributed by atoms with E-state index >= 15 is 0 Å². The van der Waals surface area contributed by atoms with Crippen molar-refractivity contribution in [2.24, 2.45) is 0 Å². The van der Waals surface area contributed by atoms with Crippen molar-refractivity contribution >= 4 is 92.9 Å². The summed E-state index contributed by atoms with van der Waals surface area (Å²) in [4.78, 5) is 125. The summed E-state index contributed by atoms with van der Waals surface area (Å²) >= 11 is 0. The lowest BCUT2D eigenvalue weighted by molar-refractivity contribution is 0.101. The summed E-state index contributed by atoms with van der Waals surface area (Å²) in [5, 5.41) is 35.3. The van der Waals surface area contributed by atoms with Gasteiger partial charge in [-0.2, -0.15) is 0 Å². The molecule has 9 aromatic heterocycles. The quantitative estimate of drug-likeness (QED) is 0.0402. The van der Waals surface area contributed by atoms with Crippen molar-refractivity contribution in [3.8, 4) is 17.2 Å². The number of carbonyl (C=O) groups excluding carboxylic acids is 4. The Balaban J connectivity index is 0.000000119. The van der Waals surface area contributed by atoms with Gasteiger partial charge in [-0.15, -0.1) is 0 Å². The number of pyridine rings is 5. The Hall–Kier alpha value is -14.8. The largest absolute Gasteiger partial charge is 0.504 e. The number of rotatable bonds is 18. The molecule has 644 valence electrons. The summed E-state index contributed by atoms with van der Waals surface area (Å²) in [6, 6.07) is 30.5. The second-order valence-electron chi connectivity index (χ2n) is 30.7. The summed E-state index contributed by atoms with van der Waals surface area (Å²) in [6.07, 6.45) is 23.7. The minimum atomic E-state index is -0.323. The standard InChI is InChI=1S/C23H25N7O3.C23H25N7O2.C22H22FN7O.C21H22N8O/c1-33-21-11-16-14-30(13-15(16)10-20(21)31)23-26-5-2-17(28-23)22(32)27-18-12-25-4-3-19(18)29-8-6-24-7-9-29;1-32-18-3-2-16-14-30(15-17(16)12-18)23-26-7-4-19(28-23)22(31)27-20-13-25-6-5-21(20)29-10-8-24-9-11-29;23-17-2-1-15-13-30(14-16(15)11-17)22-26-6-3-18(28-22)21(31)27-19-12-25-5-4-20(19)29-9-7-24-8-10-29;30-20(26-18-12-24-5-3-19(18)28-9-7-22-8-10-28)17-2-6-25-21(27-17)29-13-15-1-4-23-11-16(15)14-29/h2-5,10-12,24,31H,6-9,13-14H2,1H3,(H,27,32);2-7,12-13,24H,8-11,14-15H2,1H3,(H,27,31);1-6,11-12,24H,7-10,13-14H2,(H,27,31);1-6,11-12,22H,7-10,13-14H2,(H,26,30). The predicted molar refractivity (Wildman–Crippen MR) is 475 cm³/mol. The van der Waals surface area contributed by atoms with Crippen LogP contribution in [0.15, 0.2) is 190 Å². The number of nitrogens with one attached hydrogen (secondary N) is 8. The van der Waals surface area contributed by atoms with Crippen LogP contribution in [0.4, 0.5) is 73.7 Å². The molecule has 8 aliphatic heterocycles. The Labute approximate surface area is 725 Å². The summed E-state index contributed by atoms with van der Waals surface area (Å²) < 4.78 is 24.1. The Morgan fingerprint density at radius 3 is 0.976 bits per heavy atom. The molecule has 37 heteroatoms. The first-order chi connectivity index (χ1) is 61.8. The van der Waals surface area contributed by atoms with E-state index in [1.807, 2.05) is 69.4 Å². The van der Waals surface area contributed by atoms with Gasteiger partial charge in [0.05, 0.1) is 84.5 Å². The highest BCUT2D eigenvalue weighted by Crippen LogP contribution is 2.38. The molecule has 0 spiro atoms. The molecular formula is C89H94FN29O7. The lowest BCUT2D eigenvalue weighted by Crippen LogP contribution is -2.43. The molecular weight excluding hydrogens is 1610 g/mol. The van der Waals surface area contributed by atoms with Crippen LogP contribution >= 0.6 is 0 Å². The average molecular weight is 1700 g/mol. The number of fused-ring (bicyclic) bond motifs is 4. The minimum Gasteiger partial charge on any atom is -0.504 e. The number of aromatic nitrogens is 13. The summed E-state index contributed by atoms with van der Waals surface area (Å²) in [6.45, 7) is 19.2. The highest BCUT2D eigenvalue weighted by molar-refractivity contribution is 6.07. The van der Waals surface area contributed by atoms with Crippen molar-refractivity contribution in [3.05, 3.63) is 263 Å². The number of amides is 4. The average Bonchev–Trinajstić information content (AvgIpc) is 1.71. The molecule has 4 fully saturated rings. The molecule has 17 heterocycles. The molecule has 0 atom stereocenters. The van der Waals surface area contributed by atoms with Gasteiger partial charge >= 0.3 is 0 Å². The third-order valence-corrected chi connectivity index (χ3v) is 22.6. The molecule has 0 radical (unpaired) electrons. The van der Waals surface area contributed by atoms with Gasteiger partial charge in [0.25, 0.3) is 23.6 Å². The Morgan fingerprint density at radius 2 is 0.627 bits per heavy atom. The molecule has 8 aliphatic rings. The second kappa shape index (κ2) is 39.1. The fraction of sp³-hybridized carbons (Fsp3) is 0.292. The number of carbonyl (C=O) groups is 4. The van der Waals surface area contributed by atoms with Gasteiger partial charge in [0.2, 0.25) is 23.8 Å². The first-order valence-corrected chi connectivity index (χ1v) is 41.7. The van der Waals surface area contributed by atoms with Gasteiger partial charge in [-0.1, -0.05) is 12.1 Å². The number of aromatic hydroxyl groups is 1. The minimum absolute atomic E-state index is 0.101. The molecule has 4 saturated heterocycles. The second-order valence-corrected chi connectivity index (χ2v) is 30.7. The number of piperazine rings is 4. The number of anilines is 12. The van der Waals surface area contributed by atoms with Crippen LogP contribution in [-0.4, -0.2) is 212 Å². The SMILES string of the molecule is COc1cc2c(cc1O)CN(c1nccc(C(=O)Nc3cnccc3N3CCNCC3)n1)C2.COc1ccc2c(c1)CN(c1nccc(C(=O)Nc3cnccc3N3CCNCC3)n1)C2.O=C(Nc1cnccc1N1CCNCC1)c1ccnc(N2Cc3ccc(F)cc3C2)n1.O=C(Nc1cnccc1N1CCNCC1)c1ccnc(N2Cc3ccncc3C2)n1. The van der Waals surface area contributed by atoms with E-state index < -0.39 is 0 Å². The molecule has 126 heavy (non-hydrogen) atoms. The fourth-order valence-electron chi connectivity index (χ4n) is 16.1. The molecule has 3 aromatic carbocycles. The molecule has 4 amide bonds. The highest BCUT2D eigenvalue weighted by atomic mass is 19.1. The fourth-order valence-corrected chi connectivity index (χ4v) is 16.1. The van der Waals surface area contributed by atoms with Crippen molar-refractivity contribution in [1.82, 2.24) is 86.1 Å². The Kier molecular flexibility index (Phi) is 25.9. The maximum absolute atomic E-state index is 13.5. The first kappa shape index (κ1) is 83.4.